The van der Waals surface area contributed by atoms with Gasteiger partial charge < -0.3 is 4.90 Å². The predicted octanol–water partition coefficient (Wildman–Crippen LogP) is 5.53. The third-order valence-corrected chi connectivity index (χ3v) is 5.47. The van der Waals surface area contributed by atoms with Gasteiger partial charge in [0.05, 0.1) is 10.0 Å². The quantitative estimate of drug-likeness (QED) is 0.689. The molecule has 1 saturated carbocycles. The highest BCUT2D eigenvalue weighted by Crippen LogP contribution is 2.30. The van der Waals surface area contributed by atoms with E-state index >= 15 is 0 Å². The van der Waals surface area contributed by atoms with Gasteiger partial charge in [0, 0.05) is 25.4 Å². The van der Waals surface area contributed by atoms with E-state index in [1.165, 1.54) is 19.3 Å². The van der Waals surface area contributed by atoms with Crippen molar-refractivity contribution >= 4 is 29.1 Å². The van der Waals surface area contributed by atoms with E-state index in [1.54, 1.807) is 0 Å². The molecule has 122 valence electrons. The number of nitrogens with zero attached hydrogens (tertiary/aromatic N) is 1. The molecule has 1 aliphatic rings. The summed E-state index contributed by atoms with van der Waals surface area (Å²) < 4.78 is 0. The lowest BCUT2D eigenvalue weighted by molar-refractivity contribution is -0.135. The largest absolute Gasteiger partial charge is 0.345 e. The van der Waals surface area contributed by atoms with E-state index in [4.69, 9.17) is 23.2 Å². The number of carbonyl (C=O) groups excluding carboxylic acids is 1. The topological polar surface area (TPSA) is 20.3 Å². The van der Waals surface area contributed by atoms with E-state index in [-0.39, 0.29) is 5.92 Å². The standard InChI is InChI=1S/C18H25Cl2NO/c1-3-13(15-9-10-16(19)17(20)11-15)12-21(2)18(22)14-7-5-4-6-8-14/h9-11,13-14H,3-8,12H2,1-2H3. The number of halogens is 2. The zero-order chi connectivity index (χ0) is 16.1. The van der Waals surface area contributed by atoms with Gasteiger partial charge in [0.15, 0.2) is 0 Å². The van der Waals surface area contributed by atoms with E-state index < -0.39 is 0 Å². The summed E-state index contributed by atoms with van der Waals surface area (Å²) in [6.45, 7) is 2.88. The molecule has 1 aliphatic carbocycles. The van der Waals surface area contributed by atoms with Crippen LogP contribution in [0, 0.1) is 5.92 Å². The van der Waals surface area contributed by atoms with Crippen LogP contribution in [0.25, 0.3) is 0 Å². The maximum Gasteiger partial charge on any atom is 0.225 e. The molecule has 0 heterocycles. The number of benzene rings is 1. The fraction of sp³-hybridized carbons (Fsp3) is 0.611. The highest BCUT2D eigenvalue weighted by Gasteiger charge is 2.25. The van der Waals surface area contributed by atoms with Crippen molar-refractivity contribution in [3.8, 4) is 0 Å². The lowest BCUT2D eigenvalue weighted by atomic mass is 9.88. The molecular formula is C18H25Cl2NO. The Labute approximate surface area is 143 Å². The SMILES string of the molecule is CCC(CN(C)C(=O)C1CCCCC1)c1ccc(Cl)c(Cl)c1. The number of hydrogen-bond donors (Lipinski definition) is 0. The van der Waals surface area contributed by atoms with E-state index in [2.05, 4.69) is 6.92 Å². The van der Waals surface area contributed by atoms with E-state index in [9.17, 15) is 4.79 Å². The van der Waals surface area contributed by atoms with Crippen LogP contribution in [-0.2, 0) is 4.79 Å². The molecule has 0 radical (unpaired) electrons. The summed E-state index contributed by atoms with van der Waals surface area (Å²) in [6.07, 6.45) is 6.72. The average molecular weight is 342 g/mol. The molecule has 0 bridgehead atoms. The van der Waals surface area contributed by atoms with Crippen molar-refractivity contribution in [2.45, 2.75) is 51.4 Å². The molecule has 0 aliphatic heterocycles. The van der Waals surface area contributed by atoms with Crippen molar-refractivity contribution in [2.24, 2.45) is 5.92 Å². The van der Waals surface area contributed by atoms with Crippen LogP contribution in [0.1, 0.15) is 56.9 Å². The molecule has 1 aromatic rings. The highest BCUT2D eigenvalue weighted by molar-refractivity contribution is 6.42. The van der Waals surface area contributed by atoms with Crippen LogP contribution in [0.4, 0.5) is 0 Å². The molecule has 1 unspecified atom stereocenters. The van der Waals surface area contributed by atoms with Crippen LogP contribution >= 0.6 is 23.2 Å². The normalized spacial score (nSPS) is 17.3. The number of hydrogen-bond acceptors (Lipinski definition) is 1. The number of carbonyl (C=O) groups is 1. The third kappa shape index (κ3) is 4.39. The Hall–Kier alpha value is -0.730. The Morgan fingerprint density at radius 2 is 1.91 bits per heavy atom. The van der Waals surface area contributed by atoms with Crippen molar-refractivity contribution < 1.29 is 4.79 Å². The molecule has 1 aromatic carbocycles. The highest BCUT2D eigenvalue weighted by atomic mass is 35.5. The zero-order valence-corrected chi connectivity index (χ0v) is 15.0. The molecule has 1 amide bonds. The van der Waals surface area contributed by atoms with Gasteiger partial charge in [-0.05, 0) is 37.0 Å². The van der Waals surface area contributed by atoms with Crippen molar-refractivity contribution in [1.82, 2.24) is 4.90 Å². The molecule has 1 atom stereocenters. The molecular weight excluding hydrogens is 317 g/mol. The maximum atomic E-state index is 12.6. The zero-order valence-electron chi connectivity index (χ0n) is 13.4. The second kappa shape index (κ2) is 8.21. The summed E-state index contributed by atoms with van der Waals surface area (Å²) in [4.78, 5) is 14.5. The number of rotatable bonds is 5. The molecule has 2 rings (SSSR count). The van der Waals surface area contributed by atoms with Gasteiger partial charge in [-0.1, -0.05) is 55.5 Å². The van der Waals surface area contributed by atoms with Crippen LogP contribution in [0.2, 0.25) is 10.0 Å². The number of likely N-dealkylation sites (N-methyl/N-ethyl adjacent to an activating group) is 1. The van der Waals surface area contributed by atoms with Gasteiger partial charge >= 0.3 is 0 Å². The molecule has 22 heavy (non-hydrogen) atoms. The smallest absolute Gasteiger partial charge is 0.225 e. The molecule has 4 heteroatoms. The minimum absolute atomic E-state index is 0.227. The van der Waals surface area contributed by atoms with Crippen LogP contribution in [-0.4, -0.2) is 24.4 Å². The Kier molecular flexibility index (Phi) is 6.58. The first-order chi connectivity index (χ1) is 10.5. The fourth-order valence-corrected chi connectivity index (χ4v) is 3.62. The summed E-state index contributed by atoms with van der Waals surface area (Å²) in [5.41, 5.74) is 1.15. The van der Waals surface area contributed by atoms with E-state index in [0.717, 1.165) is 31.4 Å². The van der Waals surface area contributed by atoms with Gasteiger partial charge in [-0.3, -0.25) is 4.79 Å². The summed E-state index contributed by atoms with van der Waals surface area (Å²) in [7, 11) is 1.93. The Balaban J connectivity index is 2.02. The Morgan fingerprint density at radius 3 is 2.50 bits per heavy atom. The van der Waals surface area contributed by atoms with Crippen LogP contribution in [0.5, 0.6) is 0 Å². The number of amides is 1. The molecule has 0 N–H and O–H groups in total. The van der Waals surface area contributed by atoms with Gasteiger partial charge in [-0.2, -0.15) is 0 Å². The Morgan fingerprint density at radius 1 is 1.23 bits per heavy atom. The second-order valence-corrected chi connectivity index (χ2v) is 7.15. The lowest BCUT2D eigenvalue weighted by Crippen LogP contribution is -2.36. The lowest BCUT2D eigenvalue weighted by Gasteiger charge is -2.29. The first-order valence-corrected chi connectivity index (χ1v) is 8.98. The Bertz CT molecular complexity index is 512. The monoisotopic (exact) mass is 341 g/mol. The van der Waals surface area contributed by atoms with Crippen molar-refractivity contribution in [3.05, 3.63) is 33.8 Å². The first kappa shape index (κ1) is 17.6. The summed E-state index contributed by atoms with van der Waals surface area (Å²) in [5, 5.41) is 1.16. The maximum absolute atomic E-state index is 12.6. The molecule has 0 aromatic heterocycles. The van der Waals surface area contributed by atoms with Crippen LogP contribution in [0.15, 0.2) is 18.2 Å². The molecule has 0 spiro atoms. The van der Waals surface area contributed by atoms with Crippen molar-refractivity contribution in [1.29, 1.82) is 0 Å². The van der Waals surface area contributed by atoms with Crippen molar-refractivity contribution in [3.63, 3.8) is 0 Å². The van der Waals surface area contributed by atoms with Gasteiger partial charge in [0.25, 0.3) is 0 Å². The third-order valence-electron chi connectivity index (χ3n) is 4.73. The minimum Gasteiger partial charge on any atom is -0.345 e. The molecule has 0 saturated heterocycles. The van der Waals surface area contributed by atoms with E-state index in [1.807, 2.05) is 30.1 Å². The van der Waals surface area contributed by atoms with Crippen LogP contribution < -0.4 is 0 Å². The second-order valence-electron chi connectivity index (χ2n) is 6.33. The minimum atomic E-state index is 0.227. The predicted molar refractivity (Wildman–Crippen MR) is 93.7 cm³/mol. The van der Waals surface area contributed by atoms with Gasteiger partial charge in [-0.15, -0.1) is 0 Å². The molecule has 1 fully saturated rings. The molecule has 2 nitrogen and oxygen atoms in total. The van der Waals surface area contributed by atoms with Crippen LogP contribution in [0.3, 0.4) is 0 Å². The summed E-state index contributed by atoms with van der Waals surface area (Å²) in [5.74, 6) is 0.829. The fourth-order valence-electron chi connectivity index (χ4n) is 3.32. The van der Waals surface area contributed by atoms with Gasteiger partial charge in [-0.25, -0.2) is 0 Å². The summed E-state index contributed by atoms with van der Waals surface area (Å²) in [6, 6.07) is 5.78. The summed E-state index contributed by atoms with van der Waals surface area (Å²) >= 11 is 12.1. The average Bonchev–Trinajstić information content (AvgIpc) is 2.55. The van der Waals surface area contributed by atoms with E-state index in [0.29, 0.717) is 21.9 Å². The van der Waals surface area contributed by atoms with Gasteiger partial charge in [0.1, 0.15) is 0 Å². The van der Waals surface area contributed by atoms with Gasteiger partial charge in [0.2, 0.25) is 5.91 Å². The first-order valence-electron chi connectivity index (χ1n) is 8.22. The van der Waals surface area contributed by atoms with Crippen molar-refractivity contribution in [2.75, 3.05) is 13.6 Å².